The lowest BCUT2D eigenvalue weighted by atomic mass is 9.95. The molecule has 2 aromatic rings. The van der Waals surface area contributed by atoms with Crippen LogP contribution in [0.15, 0.2) is 22.7 Å². The molecule has 0 spiro atoms. The Morgan fingerprint density at radius 1 is 1.14 bits per heavy atom. The smallest absolute Gasteiger partial charge is 0.341 e. The van der Waals surface area contributed by atoms with Crippen LogP contribution in [0.4, 0.5) is 5.00 Å². The zero-order valence-corrected chi connectivity index (χ0v) is 18.9. The van der Waals surface area contributed by atoms with E-state index in [2.05, 4.69) is 21.2 Å². The first kappa shape index (κ1) is 21.4. The van der Waals surface area contributed by atoms with Crippen LogP contribution in [0.3, 0.4) is 0 Å². The second-order valence-electron chi connectivity index (χ2n) is 6.47. The molecule has 0 radical (unpaired) electrons. The topological polar surface area (TPSA) is 73.9 Å². The molecule has 6 nitrogen and oxygen atoms in total. The van der Waals surface area contributed by atoms with Crippen molar-refractivity contribution >= 4 is 50.2 Å². The van der Waals surface area contributed by atoms with Crippen molar-refractivity contribution in [2.75, 3.05) is 26.6 Å². The number of benzene rings is 1. The van der Waals surface area contributed by atoms with Gasteiger partial charge in [0.2, 0.25) is 5.91 Å². The quantitative estimate of drug-likeness (QED) is 0.473. The predicted molar refractivity (Wildman–Crippen MR) is 117 cm³/mol. The number of nitrogens with one attached hydrogen (secondary N) is 1. The minimum atomic E-state index is -0.410. The van der Waals surface area contributed by atoms with Gasteiger partial charge in [-0.1, -0.05) is 0 Å². The largest absolute Gasteiger partial charge is 0.493 e. The van der Waals surface area contributed by atoms with Crippen LogP contribution in [0.25, 0.3) is 6.08 Å². The van der Waals surface area contributed by atoms with Gasteiger partial charge in [0.15, 0.2) is 11.5 Å². The number of fused-ring (bicyclic) bond motifs is 1. The lowest BCUT2D eigenvalue weighted by molar-refractivity contribution is -0.111. The summed E-state index contributed by atoms with van der Waals surface area (Å²) in [7, 11) is 4.47. The second kappa shape index (κ2) is 9.45. The third-order valence-electron chi connectivity index (χ3n) is 4.68. The number of esters is 1. The summed E-state index contributed by atoms with van der Waals surface area (Å²) in [6.45, 7) is 0. The highest BCUT2D eigenvalue weighted by Gasteiger charge is 2.26. The molecule has 0 bridgehead atoms. The summed E-state index contributed by atoms with van der Waals surface area (Å²) in [5.41, 5.74) is 2.27. The summed E-state index contributed by atoms with van der Waals surface area (Å²) in [4.78, 5) is 25.9. The van der Waals surface area contributed by atoms with Gasteiger partial charge < -0.3 is 19.5 Å². The molecule has 0 saturated carbocycles. The fourth-order valence-electron chi connectivity index (χ4n) is 3.33. The van der Waals surface area contributed by atoms with E-state index in [0.717, 1.165) is 46.2 Å². The number of carbonyl (C=O) groups excluding carboxylic acids is 2. The van der Waals surface area contributed by atoms with E-state index in [1.165, 1.54) is 24.5 Å². The molecular weight excluding hydrogens is 458 g/mol. The Bertz CT molecular complexity index is 966. The maximum Gasteiger partial charge on any atom is 0.341 e. The van der Waals surface area contributed by atoms with E-state index in [-0.39, 0.29) is 5.91 Å². The fourth-order valence-corrected chi connectivity index (χ4v) is 5.23. The highest BCUT2D eigenvalue weighted by atomic mass is 79.9. The van der Waals surface area contributed by atoms with Gasteiger partial charge in [-0.3, -0.25) is 4.79 Å². The summed E-state index contributed by atoms with van der Waals surface area (Å²) in [6, 6.07) is 3.60. The molecule has 0 atom stereocenters. The standard InChI is InChI=1S/C21H22BrNO5S/c1-26-15-11-12(10-14(22)19(15)27-2)8-9-17(24)23-20-18(21(25)28-3)13-6-4-5-7-16(13)29-20/h8-11H,4-7H2,1-3H3,(H,23,24)/b9-8+. The third kappa shape index (κ3) is 4.64. The summed E-state index contributed by atoms with van der Waals surface area (Å²) >= 11 is 4.89. The third-order valence-corrected chi connectivity index (χ3v) is 6.48. The molecule has 1 heterocycles. The first-order valence-electron chi connectivity index (χ1n) is 9.12. The van der Waals surface area contributed by atoms with E-state index in [1.54, 1.807) is 26.4 Å². The van der Waals surface area contributed by atoms with Crippen molar-refractivity contribution in [3.8, 4) is 11.5 Å². The molecule has 1 aromatic carbocycles. The van der Waals surface area contributed by atoms with Crippen LogP contribution < -0.4 is 14.8 Å². The van der Waals surface area contributed by atoms with Crippen molar-refractivity contribution in [2.45, 2.75) is 25.7 Å². The van der Waals surface area contributed by atoms with Crippen LogP contribution in [0.2, 0.25) is 0 Å². The average molecular weight is 480 g/mol. The van der Waals surface area contributed by atoms with Gasteiger partial charge in [-0.25, -0.2) is 4.79 Å². The molecule has 8 heteroatoms. The van der Waals surface area contributed by atoms with E-state index >= 15 is 0 Å². The average Bonchev–Trinajstić information content (AvgIpc) is 3.08. The minimum Gasteiger partial charge on any atom is -0.493 e. The van der Waals surface area contributed by atoms with E-state index < -0.39 is 5.97 Å². The Morgan fingerprint density at radius 3 is 2.59 bits per heavy atom. The summed E-state index contributed by atoms with van der Waals surface area (Å²) in [5.74, 6) is 0.411. The minimum absolute atomic E-state index is 0.320. The van der Waals surface area contributed by atoms with Crippen LogP contribution in [0.5, 0.6) is 11.5 Å². The molecule has 0 aliphatic heterocycles. The molecular formula is C21H22BrNO5S. The summed E-state index contributed by atoms with van der Waals surface area (Å²) in [5, 5.41) is 3.39. The van der Waals surface area contributed by atoms with Crippen molar-refractivity contribution < 1.29 is 23.8 Å². The molecule has 3 rings (SSSR count). The Kier molecular flexibility index (Phi) is 6.97. The number of carbonyl (C=O) groups is 2. The molecule has 1 amide bonds. The van der Waals surface area contributed by atoms with Crippen LogP contribution in [-0.2, 0) is 22.4 Å². The van der Waals surface area contributed by atoms with Gasteiger partial charge in [0.1, 0.15) is 5.00 Å². The van der Waals surface area contributed by atoms with Crippen molar-refractivity contribution in [2.24, 2.45) is 0 Å². The van der Waals surface area contributed by atoms with Crippen LogP contribution in [-0.4, -0.2) is 33.2 Å². The lowest BCUT2D eigenvalue weighted by Crippen LogP contribution is -2.13. The molecule has 1 N–H and O–H groups in total. The van der Waals surface area contributed by atoms with Crippen LogP contribution in [0.1, 0.15) is 39.2 Å². The molecule has 29 heavy (non-hydrogen) atoms. The van der Waals surface area contributed by atoms with Crippen molar-refractivity contribution in [3.63, 3.8) is 0 Å². The number of halogens is 1. The Hall–Kier alpha value is -2.32. The van der Waals surface area contributed by atoms with E-state index in [4.69, 9.17) is 14.2 Å². The molecule has 154 valence electrons. The van der Waals surface area contributed by atoms with Crippen molar-refractivity contribution in [3.05, 3.63) is 44.2 Å². The van der Waals surface area contributed by atoms with Gasteiger partial charge in [0.25, 0.3) is 0 Å². The molecule has 1 aromatic heterocycles. The van der Waals surface area contributed by atoms with Crippen molar-refractivity contribution in [1.82, 2.24) is 0 Å². The van der Waals surface area contributed by atoms with Gasteiger partial charge >= 0.3 is 5.97 Å². The van der Waals surface area contributed by atoms with E-state index in [9.17, 15) is 9.59 Å². The van der Waals surface area contributed by atoms with Crippen LogP contribution >= 0.6 is 27.3 Å². The van der Waals surface area contributed by atoms with Gasteiger partial charge in [-0.05, 0) is 70.9 Å². The molecule has 0 unspecified atom stereocenters. The van der Waals surface area contributed by atoms with E-state index in [0.29, 0.717) is 22.1 Å². The molecule has 0 saturated heterocycles. The maximum absolute atomic E-state index is 12.5. The zero-order chi connectivity index (χ0) is 21.0. The number of hydrogen-bond donors (Lipinski definition) is 1. The van der Waals surface area contributed by atoms with Gasteiger partial charge in [-0.2, -0.15) is 0 Å². The van der Waals surface area contributed by atoms with Gasteiger partial charge in [-0.15, -0.1) is 11.3 Å². The molecule has 0 fully saturated rings. The second-order valence-corrected chi connectivity index (χ2v) is 8.43. The number of amides is 1. The summed E-state index contributed by atoms with van der Waals surface area (Å²) in [6.07, 6.45) is 6.99. The van der Waals surface area contributed by atoms with E-state index in [1.807, 2.05) is 6.07 Å². The number of thiophene rings is 1. The number of rotatable bonds is 6. The first-order chi connectivity index (χ1) is 14.0. The Morgan fingerprint density at radius 2 is 1.90 bits per heavy atom. The number of ether oxygens (including phenoxy) is 3. The van der Waals surface area contributed by atoms with Crippen LogP contribution in [0, 0.1) is 0 Å². The maximum atomic E-state index is 12.5. The zero-order valence-electron chi connectivity index (χ0n) is 16.5. The molecule has 1 aliphatic carbocycles. The predicted octanol–water partition coefficient (Wildman–Crippen LogP) is 4.85. The lowest BCUT2D eigenvalue weighted by Gasteiger charge is -2.11. The first-order valence-corrected chi connectivity index (χ1v) is 10.7. The highest BCUT2D eigenvalue weighted by Crippen LogP contribution is 2.39. The highest BCUT2D eigenvalue weighted by molar-refractivity contribution is 9.10. The van der Waals surface area contributed by atoms with Gasteiger partial charge in [0.05, 0.1) is 31.4 Å². The number of hydrogen-bond acceptors (Lipinski definition) is 6. The van der Waals surface area contributed by atoms with Gasteiger partial charge in [0, 0.05) is 11.0 Å². The number of anilines is 1. The number of methoxy groups -OCH3 is 3. The molecule has 1 aliphatic rings. The monoisotopic (exact) mass is 479 g/mol. The normalized spacial score (nSPS) is 13.1. The SMILES string of the molecule is COC(=O)c1c(NC(=O)/C=C/c2cc(Br)c(OC)c(OC)c2)sc2c1CCCC2. The fraction of sp³-hybridized carbons (Fsp3) is 0.333. The Labute approximate surface area is 182 Å². The van der Waals surface area contributed by atoms with Crippen molar-refractivity contribution in [1.29, 1.82) is 0 Å². The summed E-state index contributed by atoms with van der Waals surface area (Å²) < 4.78 is 16.3. The number of aryl methyl sites for hydroxylation is 1. The Balaban J connectivity index is 1.82.